The molecule has 1 aromatic rings. The normalized spacial score (nSPS) is 12.6. The van der Waals surface area contributed by atoms with E-state index in [1.165, 1.54) is 0 Å². The third-order valence-electron chi connectivity index (χ3n) is 2.65. The second kappa shape index (κ2) is 5.85. The molecule has 0 saturated heterocycles. The van der Waals surface area contributed by atoms with E-state index in [0.29, 0.717) is 5.69 Å². The molecule has 0 radical (unpaired) electrons. The van der Waals surface area contributed by atoms with Crippen LogP contribution in [0.4, 0.5) is 10.1 Å². The van der Waals surface area contributed by atoms with Gasteiger partial charge in [-0.25, -0.2) is 4.39 Å². The highest BCUT2D eigenvalue weighted by Crippen LogP contribution is 2.21. The van der Waals surface area contributed by atoms with Crippen LogP contribution >= 0.6 is 0 Å². The van der Waals surface area contributed by atoms with Crippen LogP contribution in [0.25, 0.3) is 0 Å². The second-order valence-corrected chi connectivity index (χ2v) is 4.28. The number of rotatable bonds is 5. The minimum Gasteiger partial charge on any atom is -0.375 e. The predicted molar refractivity (Wildman–Crippen MR) is 67.4 cm³/mol. The van der Waals surface area contributed by atoms with Crippen molar-refractivity contribution in [3.05, 3.63) is 29.6 Å². The summed E-state index contributed by atoms with van der Waals surface area (Å²) in [7, 11) is 3.69. The van der Waals surface area contributed by atoms with Crippen LogP contribution in [-0.2, 0) is 0 Å². The quantitative estimate of drug-likeness (QED) is 0.827. The standard InChI is InChI=1S/C13H21FN2/c1-5-8-15-10(2)11-6-7-13(16(3)4)12(14)9-11/h6-7,9-10,15H,5,8H2,1-4H3. The molecule has 3 heteroatoms. The van der Waals surface area contributed by atoms with Gasteiger partial charge in [-0.3, -0.25) is 0 Å². The third kappa shape index (κ3) is 3.20. The molecule has 1 rings (SSSR count). The van der Waals surface area contributed by atoms with E-state index in [-0.39, 0.29) is 11.9 Å². The van der Waals surface area contributed by atoms with E-state index in [2.05, 4.69) is 19.2 Å². The zero-order chi connectivity index (χ0) is 12.1. The molecule has 0 aromatic heterocycles. The van der Waals surface area contributed by atoms with E-state index in [1.807, 2.05) is 26.2 Å². The third-order valence-corrected chi connectivity index (χ3v) is 2.65. The molecule has 1 unspecified atom stereocenters. The van der Waals surface area contributed by atoms with Gasteiger partial charge in [0.05, 0.1) is 5.69 Å². The molecule has 16 heavy (non-hydrogen) atoms. The van der Waals surface area contributed by atoms with Gasteiger partial charge in [0.25, 0.3) is 0 Å². The Morgan fingerprint density at radius 1 is 1.38 bits per heavy atom. The Kier molecular flexibility index (Phi) is 4.74. The van der Waals surface area contributed by atoms with E-state index < -0.39 is 0 Å². The van der Waals surface area contributed by atoms with Crippen molar-refractivity contribution in [2.45, 2.75) is 26.3 Å². The first-order valence-electron chi connectivity index (χ1n) is 5.76. The van der Waals surface area contributed by atoms with Crippen molar-refractivity contribution in [2.75, 3.05) is 25.5 Å². The average molecular weight is 224 g/mol. The van der Waals surface area contributed by atoms with E-state index in [0.717, 1.165) is 18.5 Å². The van der Waals surface area contributed by atoms with Crippen LogP contribution in [0, 0.1) is 5.82 Å². The summed E-state index contributed by atoms with van der Waals surface area (Å²) in [5.74, 6) is -0.160. The van der Waals surface area contributed by atoms with Crippen LogP contribution in [0.5, 0.6) is 0 Å². The van der Waals surface area contributed by atoms with Crippen molar-refractivity contribution in [3.8, 4) is 0 Å². The Balaban J connectivity index is 2.80. The summed E-state index contributed by atoms with van der Waals surface area (Å²) < 4.78 is 13.7. The van der Waals surface area contributed by atoms with Gasteiger partial charge < -0.3 is 10.2 Å². The number of hydrogen-bond donors (Lipinski definition) is 1. The fourth-order valence-electron chi connectivity index (χ4n) is 1.63. The summed E-state index contributed by atoms with van der Waals surface area (Å²) in [6.45, 7) is 5.13. The van der Waals surface area contributed by atoms with Gasteiger partial charge in [-0.05, 0) is 37.6 Å². The zero-order valence-corrected chi connectivity index (χ0v) is 10.5. The summed E-state index contributed by atoms with van der Waals surface area (Å²) >= 11 is 0. The lowest BCUT2D eigenvalue weighted by molar-refractivity contribution is 0.562. The van der Waals surface area contributed by atoms with E-state index in [1.54, 1.807) is 11.0 Å². The van der Waals surface area contributed by atoms with Crippen LogP contribution in [0.2, 0.25) is 0 Å². The fraction of sp³-hybridized carbons (Fsp3) is 0.538. The highest BCUT2D eigenvalue weighted by atomic mass is 19.1. The van der Waals surface area contributed by atoms with E-state index in [4.69, 9.17) is 0 Å². The van der Waals surface area contributed by atoms with Gasteiger partial charge in [0, 0.05) is 20.1 Å². The molecule has 0 saturated carbocycles. The molecule has 90 valence electrons. The molecule has 0 bridgehead atoms. The first-order chi connectivity index (χ1) is 7.56. The Bertz CT molecular complexity index is 337. The maximum absolute atomic E-state index is 13.7. The maximum Gasteiger partial charge on any atom is 0.146 e. The molecular weight excluding hydrogens is 203 g/mol. The van der Waals surface area contributed by atoms with Gasteiger partial charge >= 0.3 is 0 Å². The Morgan fingerprint density at radius 2 is 2.06 bits per heavy atom. The van der Waals surface area contributed by atoms with Crippen LogP contribution in [0.15, 0.2) is 18.2 Å². The summed E-state index contributed by atoms with van der Waals surface area (Å²) in [5.41, 5.74) is 1.63. The lowest BCUT2D eigenvalue weighted by Crippen LogP contribution is -2.19. The smallest absolute Gasteiger partial charge is 0.146 e. The molecule has 0 spiro atoms. The highest BCUT2D eigenvalue weighted by molar-refractivity contribution is 5.48. The molecule has 0 fully saturated rings. The molecule has 0 aliphatic carbocycles. The molecule has 1 aromatic carbocycles. The van der Waals surface area contributed by atoms with Crippen molar-refractivity contribution in [2.24, 2.45) is 0 Å². The number of halogens is 1. The number of nitrogens with one attached hydrogen (secondary N) is 1. The van der Waals surface area contributed by atoms with Gasteiger partial charge in [0.15, 0.2) is 0 Å². The van der Waals surface area contributed by atoms with Crippen LogP contribution < -0.4 is 10.2 Å². The summed E-state index contributed by atoms with van der Waals surface area (Å²) in [6.07, 6.45) is 1.09. The molecular formula is C13H21FN2. The van der Waals surface area contributed by atoms with Crippen LogP contribution in [0.3, 0.4) is 0 Å². The second-order valence-electron chi connectivity index (χ2n) is 4.28. The van der Waals surface area contributed by atoms with Crippen LogP contribution in [-0.4, -0.2) is 20.6 Å². The fourth-order valence-corrected chi connectivity index (χ4v) is 1.63. The largest absolute Gasteiger partial charge is 0.375 e. The van der Waals surface area contributed by atoms with Crippen molar-refractivity contribution < 1.29 is 4.39 Å². The zero-order valence-electron chi connectivity index (χ0n) is 10.5. The van der Waals surface area contributed by atoms with Gasteiger partial charge in [0.1, 0.15) is 5.82 Å². The first-order valence-corrected chi connectivity index (χ1v) is 5.76. The van der Waals surface area contributed by atoms with Gasteiger partial charge in [-0.1, -0.05) is 13.0 Å². The molecule has 0 heterocycles. The summed E-state index contributed by atoms with van der Waals surface area (Å²) in [6, 6.07) is 5.62. The molecule has 0 amide bonds. The summed E-state index contributed by atoms with van der Waals surface area (Å²) in [5, 5.41) is 3.34. The van der Waals surface area contributed by atoms with Crippen molar-refractivity contribution >= 4 is 5.69 Å². The van der Waals surface area contributed by atoms with E-state index in [9.17, 15) is 4.39 Å². The van der Waals surface area contributed by atoms with Gasteiger partial charge in [0.2, 0.25) is 0 Å². The Morgan fingerprint density at radius 3 is 2.56 bits per heavy atom. The molecule has 1 atom stereocenters. The first kappa shape index (κ1) is 13.0. The molecule has 2 nitrogen and oxygen atoms in total. The Labute approximate surface area is 97.5 Å². The minimum atomic E-state index is -0.160. The average Bonchev–Trinajstić information content (AvgIpc) is 2.25. The number of benzene rings is 1. The van der Waals surface area contributed by atoms with Crippen molar-refractivity contribution in [1.29, 1.82) is 0 Å². The number of hydrogen-bond acceptors (Lipinski definition) is 2. The van der Waals surface area contributed by atoms with Gasteiger partial charge in [-0.2, -0.15) is 0 Å². The van der Waals surface area contributed by atoms with Crippen molar-refractivity contribution in [1.82, 2.24) is 5.32 Å². The topological polar surface area (TPSA) is 15.3 Å². The monoisotopic (exact) mass is 224 g/mol. The van der Waals surface area contributed by atoms with Crippen molar-refractivity contribution in [3.63, 3.8) is 0 Å². The molecule has 0 aliphatic rings. The lowest BCUT2D eigenvalue weighted by Gasteiger charge is -2.17. The highest BCUT2D eigenvalue weighted by Gasteiger charge is 2.09. The Hall–Kier alpha value is -1.09. The lowest BCUT2D eigenvalue weighted by atomic mass is 10.1. The predicted octanol–water partition coefficient (Wildman–Crippen LogP) is 2.95. The SMILES string of the molecule is CCCNC(C)c1ccc(N(C)C)c(F)c1. The minimum absolute atomic E-state index is 0.160. The number of nitrogens with zero attached hydrogens (tertiary/aromatic N) is 1. The summed E-state index contributed by atoms with van der Waals surface area (Å²) in [4.78, 5) is 1.78. The molecule has 1 N–H and O–H groups in total. The van der Waals surface area contributed by atoms with Gasteiger partial charge in [-0.15, -0.1) is 0 Å². The maximum atomic E-state index is 13.7. The van der Waals surface area contributed by atoms with E-state index >= 15 is 0 Å². The van der Waals surface area contributed by atoms with Crippen LogP contribution in [0.1, 0.15) is 31.9 Å². The molecule has 0 aliphatic heterocycles. The number of anilines is 1.